The van der Waals surface area contributed by atoms with Crippen LogP contribution in [0.1, 0.15) is 34.6 Å². The highest BCUT2D eigenvalue weighted by Crippen LogP contribution is 2.41. The monoisotopic (exact) mass is 355 g/mol. The fraction of sp³-hybridized carbons (Fsp3) is 0.444. The van der Waals surface area contributed by atoms with Gasteiger partial charge in [0.1, 0.15) is 0 Å². The number of aromatic nitrogens is 3. The van der Waals surface area contributed by atoms with Gasteiger partial charge in [0.2, 0.25) is 0 Å². The maximum absolute atomic E-state index is 12.3. The van der Waals surface area contributed by atoms with Gasteiger partial charge in [0.05, 0.1) is 12.6 Å². The highest BCUT2D eigenvalue weighted by molar-refractivity contribution is 5.91. The molecule has 8 nitrogen and oxygen atoms in total. The summed E-state index contributed by atoms with van der Waals surface area (Å²) in [6, 6.07) is 8.52. The van der Waals surface area contributed by atoms with E-state index in [4.69, 9.17) is 0 Å². The van der Waals surface area contributed by atoms with Crippen molar-refractivity contribution in [2.24, 2.45) is 5.92 Å². The summed E-state index contributed by atoms with van der Waals surface area (Å²) in [5.41, 5.74) is 1.19. The lowest BCUT2D eigenvalue weighted by molar-refractivity contribution is 0.0957. The van der Waals surface area contributed by atoms with Crippen LogP contribution in [0.5, 0.6) is 0 Å². The van der Waals surface area contributed by atoms with Gasteiger partial charge in [0.25, 0.3) is 11.5 Å². The Balaban J connectivity index is 1.66. The number of nitrogens with one attached hydrogen (secondary N) is 1. The molecule has 1 saturated heterocycles. The number of anilines is 1. The van der Waals surface area contributed by atoms with Gasteiger partial charge in [-0.05, 0) is 24.6 Å². The molecule has 0 radical (unpaired) electrons. The Hall–Kier alpha value is -2.74. The van der Waals surface area contributed by atoms with E-state index in [1.165, 1.54) is 0 Å². The predicted octanol–water partition coefficient (Wildman–Crippen LogP) is 0.155. The fourth-order valence-electron chi connectivity index (χ4n) is 4.21. The van der Waals surface area contributed by atoms with Crippen molar-refractivity contribution in [1.29, 1.82) is 0 Å². The minimum absolute atomic E-state index is 0.0561. The molecule has 2 aromatic heterocycles. The predicted molar refractivity (Wildman–Crippen MR) is 95.3 cm³/mol. The highest BCUT2D eigenvalue weighted by Gasteiger charge is 2.40. The van der Waals surface area contributed by atoms with Crippen molar-refractivity contribution >= 4 is 11.7 Å². The van der Waals surface area contributed by atoms with Gasteiger partial charge in [-0.3, -0.25) is 9.59 Å². The van der Waals surface area contributed by atoms with E-state index in [1.54, 1.807) is 35.9 Å². The minimum atomic E-state index is -0.270. The SMILES string of the molecule is CNC(=O)c1ccc(N2C[C@H]3C[C@@H](C2)[C@H](CO)n2c3cccc2=O)nn1. The largest absolute Gasteiger partial charge is 0.394 e. The third kappa shape index (κ3) is 2.66. The van der Waals surface area contributed by atoms with Crippen LogP contribution < -0.4 is 15.8 Å². The van der Waals surface area contributed by atoms with Gasteiger partial charge in [-0.2, -0.15) is 0 Å². The van der Waals surface area contributed by atoms with Crippen molar-refractivity contribution in [3.8, 4) is 0 Å². The quantitative estimate of drug-likeness (QED) is 0.813. The summed E-state index contributed by atoms with van der Waals surface area (Å²) < 4.78 is 1.76. The molecule has 0 aliphatic carbocycles. The number of aliphatic hydroxyl groups excluding tert-OH is 1. The Morgan fingerprint density at radius 3 is 2.81 bits per heavy atom. The van der Waals surface area contributed by atoms with E-state index in [0.29, 0.717) is 12.4 Å². The van der Waals surface area contributed by atoms with E-state index in [0.717, 1.165) is 18.7 Å². The van der Waals surface area contributed by atoms with E-state index in [1.807, 2.05) is 6.07 Å². The molecule has 1 amide bonds. The van der Waals surface area contributed by atoms with Gasteiger partial charge in [-0.15, -0.1) is 10.2 Å². The molecule has 136 valence electrons. The van der Waals surface area contributed by atoms with Gasteiger partial charge >= 0.3 is 0 Å². The molecule has 0 spiro atoms. The van der Waals surface area contributed by atoms with Crippen LogP contribution in [0.25, 0.3) is 0 Å². The number of carbonyl (C=O) groups excluding carboxylic acids is 1. The van der Waals surface area contributed by atoms with Crippen molar-refractivity contribution in [3.63, 3.8) is 0 Å². The molecule has 8 heteroatoms. The number of pyridine rings is 1. The first-order valence-corrected chi connectivity index (χ1v) is 8.75. The summed E-state index contributed by atoms with van der Waals surface area (Å²) in [7, 11) is 1.55. The Kier molecular flexibility index (Phi) is 4.20. The van der Waals surface area contributed by atoms with Gasteiger partial charge in [-0.25, -0.2) is 0 Å². The number of aliphatic hydroxyl groups is 1. The zero-order valence-electron chi connectivity index (χ0n) is 14.5. The summed E-state index contributed by atoms with van der Waals surface area (Å²) in [4.78, 5) is 26.1. The molecule has 0 aromatic carbocycles. The van der Waals surface area contributed by atoms with Crippen LogP contribution in [-0.4, -0.2) is 52.5 Å². The minimum Gasteiger partial charge on any atom is -0.394 e. The number of amides is 1. The zero-order chi connectivity index (χ0) is 18.3. The molecule has 2 aliphatic rings. The van der Waals surface area contributed by atoms with E-state index in [2.05, 4.69) is 20.4 Å². The zero-order valence-corrected chi connectivity index (χ0v) is 14.5. The molecule has 2 bridgehead atoms. The maximum atomic E-state index is 12.3. The lowest BCUT2D eigenvalue weighted by atomic mass is 9.78. The highest BCUT2D eigenvalue weighted by atomic mass is 16.3. The summed E-state index contributed by atoms with van der Waals surface area (Å²) >= 11 is 0. The first-order valence-electron chi connectivity index (χ1n) is 8.75. The number of rotatable bonds is 3. The second kappa shape index (κ2) is 6.53. The first kappa shape index (κ1) is 16.7. The fourth-order valence-corrected chi connectivity index (χ4v) is 4.21. The average Bonchev–Trinajstić information content (AvgIpc) is 2.68. The van der Waals surface area contributed by atoms with Crippen molar-refractivity contribution in [1.82, 2.24) is 20.1 Å². The molecule has 0 saturated carbocycles. The second-order valence-corrected chi connectivity index (χ2v) is 6.86. The second-order valence-electron chi connectivity index (χ2n) is 6.86. The van der Waals surface area contributed by atoms with Crippen LogP contribution in [0, 0.1) is 5.92 Å². The molecule has 1 fully saturated rings. The van der Waals surface area contributed by atoms with Crippen LogP contribution in [0.2, 0.25) is 0 Å². The van der Waals surface area contributed by atoms with Crippen molar-refractivity contribution in [2.45, 2.75) is 18.4 Å². The molecule has 2 N–H and O–H groups in total. The molecule has 4 heterocycles. The number of hydrogen-bond acceptors (Lipinski definition) is 6. The van der Waals surface area contributed by atoms with Gasteiger partial charge in [-0.1, -0.05) is 6.07 Å². The number of fused-ring (bicyclic) bond motifs is 4. The van der Waals surface area contributed by atoms with Crippen molar-refractivity contribution in [3.05, 3.63) is 52.1 Å². The van der Waals surface area contributed by atoms with E-state index >= 15 is 0 Å². The average molecular weight is 355 g/mol. The number of hydrogen-bond donors (Lipinski definition) is 2. The Bertz CT molecular complexity index is 879. The van der Waals surface area contributed by atoms with Gasteiger partial charge in [0, 0.05) is 43.7 Å². The number of piperidine rings is 1. The van der Waals surface area contributed by atoms with Gasteiger partial charge in [0.15, 0.2) is 11.5 Å². The molecular formula is C18H21N5O3. The number of nitrogens with zero attached hydrogens (tertiary/aromatic N) is 4. The van der Waals surface area contributed by atoms with Gasteiger partial charge < -0.3 is 19.9 Å². The standard InChI is InChI=1S/C18H21N5O3/c1-19-18(26)13-5-6-16(21-20-13)22-8-11-7-12(9-22)15(10-24)23-14(11)3-2-4-17(23)25/h2-6,11-12,15,24H,7-10H2,1H3,(H,19,26)/t11-,12+,15+/m1/s1. The van der Waals surface area contributed by atoms with Crippen LogP contribution >= 0.6 is 0 Å². The molecule has 4 rings (SSSR count). The normalized spacial score (nSPS) is 24.1. The smallest absolute Gasteiger partial charge is 0.271 e. The van der Waals surface area contributed by atoms with Crippen LogP contribution in [0.3, 0.4) is 0 Å². The summed E-state index contributed by atoms with van der Waals surface area (Å²) in [6.45, 7) is 1.35. The molecule has 3 atom stereocenters. The molecule has 26 heavy (non-hydrogen) atoms. The molecule has 2 aliphatic heterocycles. The van der Waals surface area contributed by atoms with Crippen molar-refractivity contribution < 1.29 is 9.90 Å². The van der Waals surface area contributed by atoms with Crippen molar-refractivity contribution in [2.75, 3.05) is 31.6 Å². The third-order valence-electron chi connectivity index (χ3n) is 5.42. The Morgan fingerprint density at radius 2 is 2.12 bits per heavy atom. The summed E-state index contributed by atoms with van der Waals surface area (Å²) in [5, 5.41) is 20.6. The lowest BCUT2D eigenvalue weighted by Gasteiger charge is -2.46. The Morgan fingerprint density at radius 1 is 1.27 bits per heavy atom. The van der Waals surface area contributed by atoms with Crippen LogP contribution in [0.15, 0.2) is 35.1 Å². The first-order chi connectivity index (χ1) is 12.6. The van der Waals surface area contributed by atoms with Crippen LogP contribution in [-0.2, 0) is 0 Å². The molecule has 0 unspecified atom stereocenters. The van der Waals surface area contributed by atoms with E-state index in [-0.39, 0.29) is 41.6 Å². The molecule has 2 aromatic rings. The molecular weight excluding hydrogens is 334 g/mol. The Labute approximate surface area is 150 Å². The third-order valence-corrected chi connectivity index (χ3v) is 5.42. The number of carbonyl (C=O) groups is 1. The maximum Gasteiger partial charge on any atom is 0.271 e. The van der Waals surface area contributed by atoms with Crippen LogP contribution in [0.4, 0.5) is 5.82 Å². The lowest BCUT2D eigenvalue weighted by Crippen LogP contribution is -2.50. The topological polar surface area (TPSA) is 100 Å². The summed E-state index contributed by atoms with van der Waals surface area (Å²) in [6.07, 6.45) is 0.939. The van der Waals surface area contributed by atoms with E-state index < -0.39 is 0 Å². The van der Waals surface area contributed by atoms with E-state index in [9.17, 15) is 14.7 Å². The summed E-state index contributed by atoms with van der Waals surface area (Å²) in [5.74, 6) is 0.793.